The minimum atomic E-state index is 0.626. The Morgan fingerprint density at radius 2 is 0.806 bits per heavy atom. The summed E-state index contributed by atoms with van der Waals surface area (Å²) < 4.78 is 4.85. The fourth-order valence-electron chi connectivity index (χ4n) is 8.94. The van der Waals surface area contributed by atoms with Gasteiger partial charge in [0.2, 0.25) is 0 Å². The highest BCUT2D eigenvalue weighted by molar-refractivity contribution is 7.26. The van der Waals surface area contributed by atoms with Crippen LogP contribution in [-0.2, 0) is 0 Å². The van der Waals surface area contributed by atoms with Crippen LogP contribution < -0.4 is 0 Å². The van der Waals surface area contributed by atoms with Crippen LogP contribution in [0.3, 0.4) is 0 Å². The summed E-state index contributed by atoms with van der Waals surface area (Å²) in [4.78, 5) is 15.6. The Morgan fingerprint density at radius 1 is 0.323 bits per heavy atom. The van der Waals surface area contributed by atoms with Crippen molar-refractivity contribution < 1.29 is 0 Å². The predicted molar refractivity (Wildman–Crippen MR) is 260 cm³/mol. The molecule has 0 unspecified atom stereocenters. The Kier molecular flexibility index (Phi) is 8.65. The third-order valence-electron chi connectivity index (χ3n) is 11.8. The first-order valence-electron chi connectivity index (χ1n) is 20.8. The van der Waals surface area contributed by atoms with Crippen molar-refractivity contribution in [1.82, 2.24) is 19.5 Å². The summed E-state index contributed by atoms with van der Waals surface area (Å²) in [7, 11) is 0. The van der Waals surface area contributed by atoms with Gasteiger partial charge in [-0.1, -0.05) is 158 Å². The van der Waals surface area contributed by atoms with Gasteiger partial charge in [-0.15, -0.1) is 11.3 Å². The zero-order chi connectivity index (χ0) is 41.0. The van der Waals surface area contributed by atoms with Gasteiger partial charge in [0.25, 0.3) is 0 Å². The van der Waals surface area contributed by atoms with Gasteiger partial charge in [-0.2, -0.15) is 0 Å². The number of thiophene rings is 1. The second-order valence-electron chi connectivity index (χ2n) is 15.6. The molecule has 5 heteroatoms. The Balaban J connectivity index is 1.21. The molecule has 290 valence electrons. The van der Waals surface area contributed by atoms with Crippen LogP contribution in [0.5, 0.6) is 0 Å². The van der Waals surface area contributed by atoms with Gasteiger partial charge >= 0.3 is 0 Å². The van der Waals surface area contributed by atoms with Crippen LogP contribution >= 0.6 is 11.3 Å². The Labute approximate surface area is 362 Å². The van der Waals surface area contributed by atoms with Crippen molar-refractivity contribution in [3.63, 3.8) is 0 Å². The molecular formula is C57H36N4S. The molecule has 0 saturated carbocycles. The number of hydrogen-bond acceptors (Lipinski definition) is 4. The van der Waals surface area contributed by atoms with Gasteiger partial charge in [-0.05, 0) is 88.5 Å². The normalized spacial score (nSPS) is 11.5. The number of nitrogens with zero attached hydrogens (tertiary/aromatic N) is 4. The fourth-order valence-corrected chi connectivity index (χ4v) is 10.2. The van der Waals surface area contributed by atoms with E-state index in [4.69, 9.17) is 15.0 Å². The highest BCUT2D eigenvalue weighted by Gasteiger charge is 2.22. The van der Waals surface area contributed by atoms with Crippen LogP contribution in [0.15, 0.2) is 218 Å². The maximum atomic E-state index is 5.27. The first-order valence-corrected chi connectivity index (χ1v) is 21.7. The van der Waals surface area contributed by atoms with Crippen molar-refractivity contribution in [2.24, 2.45) is 0 Å². The van der Waals surface area contributed by atoms with Gasteiger partial charge in [0, 0.05) is 58.9 Å². The molecule has 62 heavy (non-hydrogen) atoms. The van der Waals surface area contributed by atoms with Crippen molar-refractivity contribution in [2.75, 3.05) is 0 Å². The van der Waals surface area contributed by atoms with E-state index >= 15 is 0 Å². The first kappa shape index (κ1) is 35.9. The van der Waals surface area contributed by atoms with Crippen LogP contribution in [0.4, 0.5) is 0 Å². The Hall–Kier alpha value is -7.99. The lowest BCUT2D eigenvalue weighted by molar-refractivity contribution is 1.07. The largest absolute Gasteiger partial charge is 0.309 e. The average Bonchev–Trinajstić information content (AvgIpc) is 3.90. The topological polar surface area (TPSA) is 43.6 Å². The molecule has 0 radical (unpaired) electrons. The van der Waals surface area contributed by atoms with E-state index in [-0.39, 0.29) is 0 Å². The Morgan fingerprint density at radius 3 is 1.39 bits per heavy atom. The summed E-state index contributed by atoms with van der Waals surface area (Å²) in [6, 6.07) is 77.5. The maximum absolute atomic E-state index is 5.27. The summed E-state index contributed by atoms with van der Waals surface area (Å²) >= 11 is 1.86. The number of aromatic nitrogens is 4. The van der Waals surface area contributed by atoms with Crippen LogP contribution in [0.1, 0.15) is 0 Å². The molecule has 0 aliphatic carbocycles. The van der Waals surface area contributed by atoms with E-state index in [1.165, 1.54) is 53.1 Å². The second-order valence-corrected chi connectivity index (χ2v) is 16.6. The lowest BCUT2D eigenvalue weighted by atomic mass is 9.91. The third kappa shape index (κ3) is 6.18. The highest BCUT2D eigenvalue weighted by atomic mass is 32.1. The van der Waals surface area contributed by atoms with E-state index in [2.05, 4.69) is 187 Å². The lowest BCUT2D eigenvalue weighted by Crippen LogP contribution is -2.00. The maximum Gasteiger partial charge on any atom is 0.164 e. The van der Waals surface area contributed by atoms with Crippen molar-refractivity contribution in [1.29, 1.82) is 0 Å². The molecule has 12 aromatic rings. The third-order valence-corrected chi connectivity index (χ3v) is 13.0. The van der Waals surface area contributed by atoms with Gasteiger partial charge in [0.05, 0.1) is 11.0 Å². The molecule has 3 heterocycles. The summed E-state index contributed by atoms with van der Waals surface area (Å²) in [5.74, 6) is 1.90. The molecule has 3 aromatic heterocycles. The second kappa shape index (κ2) is 14.9. The molecule has 0 N–H and O–H groups in total. The molecule has 9 aromatic carbocycles. The highest BCUT2D eigenvalue weighted by Crippen LogP contribution is 2.48. The van der Waals surface area contributed by atoms with E-state index in [1.54, 1.807) is 0 Å². The number of para-hydroxylation sites is 2. The molecule has 0 aliphatic heterocycles. The molecule has 0 amide bonds. The van der Waals surface area contributed by atoms with E-state index < -0.39 is 0 Å². The summed E-state index contributed by atoms with van der Waals surface area (Å²) in [6.45, 7) is 0. The molecule has 4 nitrogen and oxygen atoms in total. The molecule has 0 aliphatic rings. The quantitative estimate of drug-likeness (QED) is 0.161. The molecule has 0 bridgehead atoms. The van der Waals surface area contributed by atoms with E-state index in [1.807, 2.05) is 47.7 Å². The molecule has 12 rings (SSSR count). The zero-order valence-electron chi connectivity index (χ0n) is 33.5. The predicted octanol–water partition coefficient (Wildman–Crippen LogP) is 15.3. The van der Waals surface area contributed by atoms with Crippen LogP contribution in [0.2, 0.25) is 0 Å². The van der Waals surface area contributed by atoms with Gasteiger partial charge < -0.3 is 4.57 Å². The fraction of sp³-hybridized carbons (Fsp3) is 0. The molecular weight excluding hydrogens is 773 g/mol. The van der Waals surface area contributed by atoms with Crippen molar-refractivity contribution in [3.8, 4) is 73.2 Å². The number of benzene rings is 9. The number of rotatable bonds is 7. The number of fused-ring (bicyclic) bond motifs is 7. The van der Waals surface area contributed by atoms with Gasteiger partial charge in [-0.25, -0.2) is 15.0 Å². The summed E-state index contributed by atoms with van der Waals surface area (Å²) in [6.07, 6.45) is 0. The minimum absolute atomic E-state index is 0.626. The van der Waals surface area contributed by atoms with Gasteiger partial charge in [-0.3, -0.25) is 0 Å². The van der Waals surface area contributed by atoms with Crippen LogP contribution in [-0.4, -0.2) is 19.5 Å². The molecule has 0 saturated heterocycles. The first-order chi connectivity index (χ1) is 30.7. The van der Waals surface area contributed by atoms with Crippen molar-refractivity contribution in [3.05, 3.63) is 218 Å². The Bertz CT molecular complexity index is 3480. The van der Waals surface area contributed by atoms with Gasteiger partial charge in [0.1, 0.15) is 0 Å². The van der Waals surface area contributed by atoms with Gasteiger partial charge in [0.15, 0.2) is 17.5 Å². The molecule has 0 atom stereocenters. The van der Waals surface area contributed by atoms with E-state index in [0.29, 0.717) is 17.5 Å². The van der Waals surface area contributed by atoms with Crippen LogP contribution in [0.25, 0.3) is 115 Å². The average molecular weight is 809 g/mol. The lowest BCUT2D eigenvalue weighted by Gasteiger charge is -2.14. The smallest absolute Gasteiger partial charge is 0.164 e. The van der Waals surface area contributed by atoms with E-state index in [9.17, 15) is 0 Å². The summed E-state index contributed by atoms with van der Waals surface area (Å²) in [5, 5.41) is 4.87. The molecule has 0 fully saturated rings. The molecule has 0 spiro atoms. The van der Waals surface area contributed by atoms with Crippen molar-refractivity contribution in [2.45, 2.75) is 0 Å². The minimum Gasteiger partial charge on any atom is -0.309 e. The zero-order valence-corrected chi connectivity index (χ0v) is 34.3. The van der Waals surface area contributed by atoms with E-state index in [0.717, 1.165) is 44.6 Å². The SMILES string of the molecule is c1ccc(-c2cc(-c3ccccc3)cc(-c3cc(-c4nc(-c5ccccc5)nc(-c5ccccc5)n4)cc4c3sc3ccc5c(c6ccccc6n5-c5ccccc5)c34)c2)cc1. The standard InChI is InChI=1S/C57H36N4S/c1-6-18-37(19-7-1)41-32-42(38-20-8-2-9-21-38)34-43(33-41)47-35-44(57-59-55(39-22-10-3-11-23-39)58-56(60-57)40-24-12-4-13-25-40)36-48-53-51(62-54(47)48)31-30-50-52(53)46-28-16-17-29-49(46)61(50)45-26-14-5-15-27-45/h1-36H. The summed E-state index contributed by atoms with van der Waals surface area (Å²) in [5.41, 5.74) is 13.2. The monoisotopic (exact) mass is 808 g/mol. The van der Waals surface area contributed by atoms with Crippen molar-refractivity contribution >= 4 is 53.3 Å². The number of hydrogen-bond donors (Lipinski definition) is 0. The van der Waals surface area contributed by atoms with Crippen LogP contribution in [0, 0.1) is 0 Å².